The number of nitrogens with zero attached hydrogens (tertiary/aromatic N) is 3. The predicted octanol–water partition coefficient (Wildman–Crippen LogP) is 0.908. The first-order valence-corrected chi connectivity index (χ1v) is 4.62. The molecule has 0 radical (unpaired) electrons. The molecule has 0 saturated heterocycles. The van der Waals surface area contributed by atoms with Gasteiger partial charge in [-0.3, -0.25) is 9.20 Å². The van der Waals surface area contributed by atoms with E-state index >= 15 is 0 Å². The fourth-order valence-corrected chi connectivity index (χ4v) is 1.27. The number of halogens is 3. The van der Waals surface area contributed by atoms with Crippen LogP contribution >= 0.6 is 0 Å². The van der Waals surface area contributed by atoms with Crippen LogP contribution in [0.4, 0.5) is 13.2 Å². The van der Waals surface area contributed by atoms with Gasteiger partial charge in [0.2, 0.25) is 0 Å². The Morgan fingerprint density at radius 1 is 1.35 bits per heavy atom. The Balaban J connectivity index is 2.12. The Morgan fingerprint density at radius 2 is 2.12 bits per heavy atom. The Hall–Kier alpha value is -2.12. The fraction of sp³-hybridized carbons (Fsp3) is 0.222. The molecule has 0 atom stereocenters. The van der Waals surface area contributed by atoms with Crippen molar-refractivity contribution in [2.75, 3.05) is 0 Å². The molecule has 0 aliphatic carbocycles. The summed E-state index contributed by atoms with van der Waals surface area (Å²) in [5.41, 5.74) is 0.503. The van der Waals surface area contributed by atoms with E-state index in [1.807, 2.05) is 0 Å². The van der Waals surface area contributed by atoms with Crippen LogP contribution in [-0.2, 0) is 11.3 Å². The lowest BCUT2D eigenvalue weighted by atomic mass is 10.4. The minimum Gasteiger partial charge on any atom is -0.341 e. The summed E-state index contributed by atoms with van der Waals surface area (Å²) in [4.78, 5) is 10.6. The number of aromatic nitrogens is 3. The molecule has 1 N–H and O–H groups in total. The van der Waals surface area contributed by atoms with Gasteiger partial charge in [-0.2, -0.15) is 13.2 Å². The van der Waals surface area contributed by atoms with E-state index in [1.165, 1.54) is 4.40 Å². The van der Waals surface area contributed by atoms with Crippen molar-refractivity contribution in [1.82, 2.24) is 19.9 Å². The number of carbonyl (C=O) groups is 1. The zero-order valence-electron chi connectivity index (χ0n) is 8.40. The highest BCUT2D eigenvalue weighted by atomic mass is 19.4. The maximum absolute atomic E-state index is 11.9. The van der Waals surface area contributed by atoms with Crippen LogP contribution in [0.25, 0.3) is 5.65 Å². The number of alkyl halides is 3. The van der Waals surface area contributed by atoms with Crippen LogP contribution in [0.1, 0.15) is 5.82 Å². The molecule has 2 heterocycles. The summed E-state index contributed by atoms with van der Waals surface area (Å²) in [5.74, 6) is -1.76. The van der Waals surface area contributed by atoms with E-state index in [9.17, 15) is 18.0 Å². The standard InChI is InChI=1S/C9H7F3N4O/c10-9(11,12)8(17)13-5-7-15-14-6-3-1-2-4-16(6)7/h1-4H,5H2,(H,13,17). The van der Waals surface area contributed by atoms with Crippen LogP contribution in [0.3, 0.4) is 0 Å². The Morgan fingerprint density at radius 3 is 2.82 bits per heavy atom. The quantitative estimate of drug-likeness (QED) is 0.854. The minimum atomic E-state index is -4.89. The van der Waals surface area contributed by atoms with Gasteiger partial charge in [0.1, 0.15) is 0 Å². The van der Waals surface area contributed by atoms with Crippen molar-refractivity contribution in [1.29, 1.82) is 0 Å². The maximum Gasteiger partial charge on any atom is 0.471 e. The molecule has 0 unspecified atom stereocenters. The van der Waals surface area contributed by atoms with Gasteiger partial charge in [0.05, 0.1) is 6.54 Å². The van der Waals surface area contributed by atoms with E-state index in [0.717, 1.165) is 0 Å². The van der Waals surface area contributed by atoms with E-state index in [2.05, 4.69) is 10.2 Å². The largest absolute Gasteiger partial charge is 0.471 e. The van der Waals surface area contributed by atoms with Crippen molar-refractivity contribution < 1.29 is 18.0 Å². The van der Waals surface area contributed by atoms with Gasteiger partial charge in [-0.1, -0.05) is 6.07 Å². The summed E-state index contributed by atoms with van der Waals surface area (Å²) in [6, 6.07) is 5.07. The number of amides is 1. The van der Waals surface area contributed by atoms with E-state index in [1.54, 1.807) is 29.7 Å². The molecule has 2 rings (SSSR count). The number of nitrogens with one attached hydrogen (secondary N) is 1. The molecule has 0 bridgehead atoms. The lowest BCUT2D eigenvalue weighted by Gasteiger charge is -2.06. The first kappa shape index (κ1) is 11.4. The molecule has 0 spiro atoms. The Bertz CT molecular complexity index is 548. The summed E-state index contributed by atoms with van der Waals surface area (Å²) in [6.45, 7) is -0.330. The molecule has 2 aromatic rings. The van der Waals surface area contributed by atoms with Crippen molar-refractivity contribution in [3.05, 3.63) is 30.2 Å². The molecule has 17 heavy (non-hydrogen) atoms. The number of pyridine rings is 1. The molecule has 0 aliphatic rings. The molecule has 0 fully saturated rings. The van der Waals surface area contributed by atoms with Crippen molar-refractivity contribution in [3.63, 3.8) is 0 Å². The average molecular weight is 244 g/mol. The van der Waals surface area contributed by atoms with Crippen LogP contribution in [0, 0.1) is 0 Å². The first-order valence-electron chi connectivity index (χ1n) is 4.62. The lowest BCUT2D eigenvalue weighted by molar-refractivity contribution is -0.173. The van der Waals surface area contributed by atoms with Crippen molar-refractivity contribution in [2.24, 2.45) is 0 Å². The molecular formula is C9H7F3N4O. The monoisotopic (exact) mass is 244 g/mol. The van der Waals surface area contributed by atoms with Gasteiger partial charge in [-0.25, -0.2) is 0 Å². The molecule has 90 valence electrons. The SMILES string of the molecule is O=C(NCc1nnc2ccccn12)C(F)(F)F. The Labute approximate surface area is 93.3 Å². The van der Waals surface area contributed by atoms with Crippen LogP contribution in [-0.4, -0.2) is 26.7 Å². The Kier molecular flexibility index (Phi) is 2.70. The third-order valence-electron chi connectivity index (χ3n) is 2.05. The normalized spacial score (nSPS) is 11.7. The second-order valence-electron chi connectivity index (χ2n) is 3.23. The minimum absolute atomic E-state index is 0.234. The number of rotatable bonds is 2. The molecule has 8 heteroatoms. The van der Waals surface area contributed by atoms with Crippen molar-refractivity contribution in [2.45, 2.75) is 12.7 Å². The number of carbonyl (C=O) groups excluding carboxylic acids is 1. The topological polar surface area (TPSA) is 59.3 Å². The fourth-order valence-electron chi connectivity index (χ4n) is 1.27. The molecule has 2 aromatic heterocycles. The third-order valence-corrected chi connectivity index (χ3v) is 2.05. The van der Waals surface area contributed by atoms with Gasteiger partial charge >= 0.3 is 12.1 Å². The van der Waals surface area contributed by atoms with E-state index in [4.69, 9.17) is 0 Å². The lowest BCUT2D eigenvalue weighted by Crippen LogP contribution is -2.36. The molecule has 1 amide bonds. The van der Waals surface area contributed by atoms with Crippen LogP contribution in [0.5, 0.6) is 0 Å². The van der Waals surface area contributed by atoms with Gasteiger partial charge in [-0.05, 0) is 12.1 Å². The summed E-state index contributed by atoms with van der Waals surface area (Å²) in [6.07, 6.45) is -3.29. The highest BCUT2D eigenvalue weighted by molar-refractivity contribution is 5.81. The molecule has 5 nitrogen and oxygen atoms in total. The van der Waals surface area contributed by atoms with E-state index in [0.29, 0.717) is 5.65 Å². The highest BCUT2D eigenvalue weighted by Crippen LogP contribution is 2.14. The predicted molar refractivity (Wildman–Crippen MR) is 50.9 cm³/mol. The van der Waals surface area contributed by atoms with Crippen LogP contribution in [0.15, 0.2) is 24.4 Å². The third kappa shape index (κ3) is 2.35. The van der Waals surface area contributed by atoms with Gasteiger partial charge in [0.15, 0.2) is 11.5 Å². The second-order valence-corrected chi connectivity index (χ2v) is 3.23. The number of hydrogen-bond acceptors (Lipinski definition) is 3. The van der Waals surface area contributed by atoms with E-state index < -0.39 is 12.1 Å². The van der Waals surface area contributed by atoms with Gasteiger partial charge in [0.25, 0.3) is 0 Å². The van der Waals surface area contributed by atoms with Gasteiger partial charge in [0, 0.05) is 6.20 Å². The summed E-state index contributed by atoms with van der Waals surface area (Å²) in [7, 11) is 0. The maximum atomic E-state index is 11.9. The molecule has 0 aliphatic heterocycles. The van der Waals surface area contributed by atoms with Gasteiger partial charge < -0.3 is 5.32 Å². The van der Waals surface area contributed by atoms with Crippen molar-refractivity contribution in [3.8, 4) is 0 Å². The summed E-state index contributed by atoms with van der Waals surface area (Å²) >= 11 is 0. The molecule has 0 aromatic carbocycles. The number of fused-ring (bicyclic) bond motifs is 1. The van der Waals surface area contributed by atoms with E-state index in [-0.39, 0.29) is 12.4 Å². The zero-order chi connectivity index (χ0) is 12.5. The van der Waals surface area contributed by atoms with Gasteiger partial charge in [-0.15, -0.1) is 10.2 Å². The summed E-state index contributed by atoms with van der Waals surface area (Å²) < 4.78 is 37.3. The first-order chi connectivity index (χ1) is 7.98. The highest BCUT2D eigenvalue weighted by Gasteiger charge is 2.38. The number of hydrogen-bond donors (Lipinski definition) is 1. The summed E-state index contributed by atoms with van der Waals surface area (Å²) in [5, 5.41) is 9.15. The average Bonchev–Trinajstić information content (AvgIpc) is 2.68. The smallest absolute Gasteiger partial charge is 0.341 e. The second kappa shape index (κ2) is 4.04. The van der Waals surface area contributed by atoms with Crippen LogP contribution < -0.4 is 5.32 Å². The van der Waals surface area contributed by atoms with Crippen LogP contribution in [0.2, 0.25) is 0 Å². The molecular weight excluding hydrogens is 237 g/mol. The van der Waals surface area contributed by atoms with Crippen molar-refractivity contribution >= 4 is 11.6 Å². The molecule has 0 saturated carbocycles. The zero-order valence-corrected chi connectivity index (χ0v) is 8.40.